The number of piperidine rings is 1. The number of benzene rings is 2. The number of rotatable bonds is 6. The van der Waals surface area contributed by atoms with Gasteiger partial charge in [0.2, 0.25) is 5.13 Å². The second-order valence-corrected chi connectivity index (χ2v) is 9.93. The minimum atomic E-state index is -3.80. The molecule has 6 nitrogen and oxygen atoms in total. The van der Waals surface area contributed by atoms with E-state index in [1.54, 1.807) is 6.07 Å². The molecule has 1 atom stereocenters. The van der Waals surface area contributed by atoms with Gasteiger partial charge >= 0.3 is 0 Å². The molecular formula is C21H21ClN4O2S2. The summed E-state index contributed by atoms with van der Waals surface area (Å²) in [6.07, 6.45) is 4.58. The zero-order chi connectivity index (χ0) is 21.1. The Morgan fingerprint density at radius 1 is 1.20 bits per heavy atom. The number of sulfonamides is 1. The lowest BCUT2D eigenvalue weighted by atomic mass is 9.94. The van der Waals surface area contributed by atoms with Gasteiger partial charge in [-0.25, -0.2) is 13.4 Å². The van der Waals surface area contributed by atoms with Crippen LogP contribution in [0.1, 0.15) is 36.4 Å². The van der Waals surface area contributed by atoms with Crippen molar-refractivity contribution in [1.82, 2.24) is 14.3 Å². The smallest absolute Gasteiger partial charge is 0.263 e. The van der Waals surface area contributed by atoms with Gasteiger partial charge in [0.05, 0.1) is 16.0 Å². The summed E-state index contributed by atoms with van der Waals surface area (Å²) >= 11 is 7.49. The largest absolute Gasteiger partial charge is 0.364 e. The molecule has 1 aromatic heterocycles. The molecule has 1 N–H and O–H groups in total. The number of aromatic nitrogens is 2. The van der Waals surface area contributed by atoms with E-state index in [1.165, 1.54) is 24.0 Å². The second kappa shape index (κ2) is 8.75. The molecular weight excluding hydrogens is 440 g/mol. The van der Waals surface area contributed by atoms with Crippen molar-refractivity contribution in [3.05, 3.63) is 77.6 Å². The van der Waals surface area contributed by atoms with E-state index in [4.69, 9.17) is 11.6 Å². The van der Waals surface area contributed by atoms with Crippen molar-refractivity contribution in [2.24, 2.45) is 0 Å². The molecule has 30 heavy (non-hydrogen) atoms. The fourth-order valence-electron chi connectivity index (χ4n) is 3.72. The van der Waals surface area contributed by atoms with Gasteiger partial charge in [0, 0.05) is 29.3 Å². The normalized spacial score (nSPS) is 17.0. The number of likely N-dealkylation sites (tertiary alicyclic amines) is 1. The van der Waals surface area contributed by atoms with E-state index in [0.717, 1.165) is 48.6 Å². The van der Waals surface area contributed by atoms with Crippen molar-refractivity contribution in [2.75, 3.05) is 11.3 Å². The van der Waals surface area contributed by atoms with Crippen molar-refractivity contribution in [2.45, 2.75) is 30.2 Å². The van der Waals surface area contributed by atoms with Crippen LogP contribution >= 0.6 is 23.1 Å². The van der Waals surface area contributed by atoms with Crippen LogP contribution in [-0.4, -0.2) is 29.2 Å². The standard InChI is InChI=1S/C21H21ClN4O2S2/c1-15(26-12-6-5-9-20(26)16-7-3-2-4-8-16)18-11-10-17(13-19(18)22)30(27,28)25-21-23-14-24-29-21/h2-4,7-8,10-11,13-14,20H,1,5-6,9,12H2,(H,23,24,25)/t20-/m1/s1. The molecule has 0 spiro atoms. The van der Waals surface area contributed by atoms with Crippen LogP contribution in [0.5, 0.6) is 0 Å². The van der Waals surface area contributed by atoms with Crippen LogP contribution in [0.15, 0.2) is 66.3 Å². The Morgan fingerprint density at radius 2 is 2.00 bits per heavy atom. The zero-order valence-corrected chi connectivity index (χ0v) is 18.6. The molecule has 0 amide bonds. The molecule has 4 rings (SSSR count). The third-order valence-corrected chi connectivity index (χ3v) is 7.54. The predicted molar refractivity (Wildman–Crippen MR) is 121 cm³/mol. The number of halogens is 1. The lowest BCUT2D eigenvalue weighted by Gasteiger charge is -2.39. The summed E-state index contributed by atoms with van der Waals surface area (Å²) in [5.41, 5.74) is 2.78. The summed E-state index contributed by atoms with van der Waals surface area (Å²) in [6, 6.07) is 15.3. The Bertz CT molecular complexity index is 1140. The Labute approximate surface area is 185 Å². The lowest BCUT2D eigenvalue weighted by molar-refractivity contribution is 0.231. The van der Waals surface area contributed by atoms with Crippen molar-refractivity contribution < 1.29 is 8.42 Å². The van der Waals surface area contributed by atoms with Gasteiger partial charge < -0.3 is 4.90 Å². The maximum absolute atomic E-state index is 12.6. The minimum absolute atomic E-state index is 0.0671. The molecule has 2 aromatic carbocycles. The Morgan fingerprint density at radius 3 is 2.70 bits per heavy atom. The second-order valence-electron chi connectivity index (χ2n) is 7.06. The lowest BCUT2D eigenvalue weighted by Crippen LogP contribution is -2.31. The molecule has 156 valence electrons. The molecule has 0 bridgehead atoms. The van der Waals surface area contributed by atoms with Crippen LogP contribution in [0.2, 0.25) is 5.02 Å². The van der Waals surface area contributed by atoms with Crippen molar-refractivity contribution in [3.63, 3.8) is 0 Å². The van der Waals surface area contributed by atoms with E-state index in [1.807, 2.05) is 18.2 Å². The molecule has 0 radical (unpaired) electrons. The number of nitrogens with zero attached hydrogens (tertiary/aromatic N) is 3. The number of hydrogen-bond donors (Lipinski definition) is 1. The highest BCUT2D eigenvalue weighted by molar-refractivity contribution is 7.93. The van der Waals surface area contributed by atoms with Crippen LogP contribution in [0.3, 0.4) is 0 Å². The van der Waals surface area contributed by atoms with Crippen LogP contribution in [-0.2, 0) is 10.0 Å². The molecule has 1 saturated heterocycles. The summed E-state index contributed by atoms with van der Waals surface area (Å²) in [5, 5.41) is 0.552. The summed E-state index contributed by atoms with van der Waals surface area (Å²) in [4.78, 5) is 6.20. The van der Waals surface area contributed by atoms with E-state index in [-0.39, 0.29) is 16.1 Å². The summed E-state index contributed by atoms with van der Waals surface area (Å²) in [6.45, 7) is 5.18. The van der Waals surface area contributed by atoms with Gasteiger partial charge in [-0.1, -0.05) is 54.6 Å². The average molecular weight is 461 g/mol. The maximum atomic E-state index is 12.6. The minimum Gasteiger partial charge on any atom is -0.364 e. The molecule has 1 aliphatic heterocycles. The van der Waals surface area contributed by atoms with Crippen LogP contribution in [0.4, 0.5) is 5.13 Å². The Balaban J connectivity index is 1.60. The quantitative estimate of drug-likeness (QED) is 0.547. The van der Waals surface area contributed by atoms with E-state index >= 15 is 0 Å². The fourth-order valence-corrected chi connectivity index (χ4v) is 5.76. The van der Waals surface area contributed by atoms with Crippen molar-refractivity contribution >= 4 is 44.0 Å². The SMILES string of the molecule is C=C(c1ccc(S(=O)(=O)Nc2ncns2)cc1Cl)N1CCCC[C@@H]1c1ccccc1. The van der Waals surface area contributed by atoms with Gasteiger partial charge in [0.25, 0.3) is 10.0 Å². The topological polar surface area (TPSA) is 75.2 Å². The number of nitrogens with one attached hydrogen (secondary N) is 1. The fraction of sp³-hybridized carbons (Fsp3) is 0.238. The molecule has 3 aromatic rings. The number of hydrogen-bond acceptors (Lipinski definition) is 6. The third kappa shape index (κ3) is 4.35. The average Bonchev–Trinajstić information content (AvgIpc) is 3.26. The van der Waals surface area contributed by atoms with E-state index in [2.05, 4.69) is 37.7 Å². The molecule has 1 aliphatic rings. The number of anilines is 1. The Kier molecular flexibility index (Phi) is 6.08. The first kappa shape index (κ1) is 20.8. The highest BCUT2D eigenvalue weighted by Gasteiger charge is 2.27. The van der Waals surface area contributed by atoms with Crippen LogP contribution in [0, 0.1) is 0 Å². The third-order valence-electron chi connectivity index (χ3n) is 5.18. The van der Waals surface area contributed by atoms with E-state index in [0.29, 0.717) is 5.02 Å². The highest BCUT2D eigenvalue weighted by Crippen LogP contribution is 2.38. The first-order chi connectivity index (χ1) is 14.5. The Hall–Kier alpha value is -2.42. The first-order valence-electron chi connectivity index (χ1n) is 9.55. The summed E-state index contributed by atoms with van der Waals surface area (Å²) in [7, 11) is -3.80. The van der Waals surface area contributed by atoms with E-state index in [9.17, 15) is 8.42 Å². The zero-order valence-electron chi connectivity index (χ0n) is 16.2. The maximum Gasteiger partial charge on any atom is 0.263 e. The monoisotopic (exact) mass is 460 g/mol. The van der Waals surface area contributed by atoms with Gasteiger partial charge in [-0.2, -0.15) is 4.37 Å². The van der Waals surface area contributed by atoms with E-state index < -0.39 is 10.0 Å². The van der Waals surface area contributed by atoms with Gasteiger partial charge in [0.15, 0.2) is 0 Å². The molecule has 0 unspecified atom stereocenters. The highest BCUT2D eigenvalue weighted by atomic mass is 35.5. The molecule has 9 heteroatoms. The summed E-state index contributed by atoms with van der Waals surface area (Å²) < 4.78 is 31.4. The van der Waals surface area contributed by atoms with Crippen molar-refractivity contribution in [3.8, 4) is 0 Å². The molecule has 1 fully saturated rings. The van der Waals surface area contributed by atoms with Crippen molar-refractivity contribution in [1.29, 1.82) is 0 Å². The molecule has 2 heterocycles. The van der Waals surface area contributed by atoms with Gasteiger partial charge in [-0.15, -0.1) is 0 Å². The predicted octanol–water partition coefficient (Wildman–Crippen LogP) is 5.19. The van der Waals surface area contributed by atoms with Crippen LogP contribution < -0.4 is 4.72 Å². The van der Waals surface area contributed by atoms with Gasteiger partial charge in [-0.3, -0.25) is 4.72 Å². The van der Waals surface area contributed by atoms with Gasteiger partial charge in [0.1, 0.15) is 6.33 Å². The van der Waals surface area contributed by atoms with Gasteiger partial charge in [-0.05, 0) is 37.0 Å². The summed E-state index contributed by atoms with van der Waals surface area (Å²) in [5.74, 6) is 0. The van der Waals surface area contributed by atoms with Crippen LogP contribution in [0.25, 0.3) is 5.70 Å². The molecule has 0 aliphatic carbocycles. The first-order valence-corrected chi connectivity index (χ1v) is 12.2. The molecule has 0 saturated carbocycles.